The van der Waals surface area contributed by atoms with E-state index in [2.05, 4.69) is 15.7 Å². The topological polar surface area (TPSA) is 85.0 Å². The molecule has 1 heterocycles. The SMILES string of the molecule is Cn1ncc(NC(=S)Nc2ccc(Cl)cc2)c1C(N)=O. The van der Waals surface area contributed by atoms with Gasteiger partial charge in [-0.2, -0.15) is 5.10 Å². The highest BCUT2D eigenvalue weighted by Crippen LogP contribution is 2.16. The van der Waals surface area contributed by atoms with Crippen LogP contribution in [0.25, 0.3) is 0 Å². The number of carbonyl (C=O) groups is 1. The zero-order valence-corrected chi connectivity index (χ0v) is 12.1. The number of halogens is 1. The Morgan fingerprint density at radius 1 is 1.35 bits per heavy atom. The van der Waals surface area contributed by atoms with Crippen molar-refractivity contribution in [1.29, 1.82) is 0 Å². The number of thiocarbonyl (C=S) groups is 1. The van der Waals surface area contributed by atoms with E-state index in [0.29, 0.717) is 15.8 Å². The molecule has 8 heteroatoms. The van der Waals surface area contributed by atoms with Gasteiger partial charge in [0.2, 0.25) is 0 Å². The van der Waals surface area contributed by atoms with Crippen molar-refractivity contribution in [2.75, 3.05) is 10.6 Å². The number of benzene rings is 1. The number of nitrogens with one attached hydrogen (secondary N) is 2. The summed E-state index contributed by atoms with van der Waals surface area (Å²) in [4.78, 5) is 11.3. The maximum atomic E-state index is 11.3. The van der Waals surface area contributed by atoms with Gasteiger partial charge in [-0.25, -0.2) is 0 Å². The summed E-state index contributed by atoms with van der Waals surface area (Å²) in [5.74, 6) is -0.582. The van der Waals surface area contributed by atoms with Crippen LogP contribution in [-0.4, -0.2) is 20.8 Å². The molecule has 0 atom stereocenters. The van der Waals surface area contributed by atoms with Crippen molar-refractivity contribution >= 4 is 46.2 Å². The van der Waals surface area contributed by atoms with Gasteiger partial charge in [-0.1, -0.05) is 11.6 Å². The summed E-state index contributed by atoms with van der Waals surface area (Å²) in [6.45, 7) is 0. The lowest BCUT2D eigenvalue weighted by molar-refractivity contribution is 0.0992. The van der Waals surface area contributed by atoms with Crippen molar-refractivity contribution in [2.45, 2.75) is 0 Å². The van der Waals surface area contributed by atoms with Gasteiger partial charge >= 0.3 is 0 Å². The van der Waals surface area contributed by atoms with E-state index in [4.69, 9.17) is 29.6 Å². The fraction of sp³-hybridized carbons (Fsp3) is 0.0833. The molecule has 0 saturated carbocycles. The summed E-state index contributed by atoms with van der Waals surface area (Å²) in [6, 6.07) is 7.06. The zero-order valence-electron chi connectivity index (χ0n) is 10.6. The molecular formula is C12H12ClN5OS. The highest BCUT2D eigenvalue weighted by atomic mass is 35.5. The van der Waals surface area contributed by atoms with Gasteiger partial charge in [-0.15, -0.1) is 0 Å². The second-order valence-corrected chi connectivity index (χ2v) is 4.83. The van der Waals surface area contributed by atoms with Crippen LogP contribution in [0.2, 0.25) is 5.02 Å². The summed E-state index contributed by atoms with van der Waals surface area (Å²) >= 11 is 11.0. The van der Waals surface area contributed by atoms with Crippen LogP contribution in [0.1, 0.15) is 10.5 Å². The minimum absolute atomic E-state index is 0.255. The number of carbonyl (C=O) groups excluding carboxylic acids is 1. The second-order valence-electron chi connectivity index (χ2n) is 3.98. The Bertz CT molecular complexity index is 652. The molecule has 1 amide bonds. The quantitative estimate of drug-likeness (QED) is 0.755. The van der Waals surface area contributed by atoms with Crippen molar-refractivity contribution in [1.82, 2.24) is 9.78 Å². The third-order valence-electron chi connectivity index (χ3n) is 2.52. The van der Waals surface area contributed by atoms with Crippen molar-refractivity contribution in [3.8, 4) is 0 Å². The summed E-state index contributed by atoms with van der Waals surface area (Å²) in [5, 5.41) is 10.8. The first-order valence-electron chi connectivity index (χ1n) is 5.62. The highest BCUT2D eigenvalue weighted by Gasteiger charge is 2.14. The molecule has 0 aliphatic heterocycles. The summed E-state index contributed by atoms with van der Waals surface area (Å²) in [6.07, 6.45) is 1.48. The Morgan fingerprint density at radius 3 is 2.60 bits per heavy atom. The van der Waals surface area contributed by atoms with Crippen LogP contribution < -0.4 is 16.4 Å². The number of aryl methyl sites for hydroxylation is 1. The van der Waals surface area contributed by atoms with E-state index in [9.17, 15) is 4.79 Å². The van der Waals surface area contributed by atoms with Crippen molar-refractivity contribution in [3.05, 3.63) is 41.2 Å². The standard InChI is InChI=1S/C12H12ClN5OS/c1-18-10(11(14)19)9(6-15-18)17-12(20)16-8-4-2-7(13)3-5-8/h2-6H,1H3,(H2,14,19)(H2,16,17,20). The van der Waals surface area contributed by atoms with Gasteiger partial charge in [0.05, 0.1) is 11.9 Å². The molecule has 0 bridgehead atoms. The predicted molar refractivity (Wildman–Crippen MR) is 83.0 cm³/mol. The minimum atomic E-state index is -0.582. The molecule has 104 valence electrons. The van der Waals surface area contributed by atoms with Crippen molar-refractivity contribution in [3.63, 3.8) is 0 Å². The van der Waals surface area contributed by atoms with Gasteiger partial charge in [0.15, 0.2) is 5.11 Å². The summed E-state index contributed by atoms with van der Waals surface area (Å²) in [7, 11) is 1.63. The van der Waals surface area contributed by atoms with Gasteiger partial charge in [0, 0.05) is 17.8 Å². The molecule has 0 unspecified atom stereocenters. The number of hydrogen-bond donors (Lipinski definition) is 3. The number of hydrogen-bond acceptors (Lipinski definition) is 3. The van der Waals surface area contributed by atoms with Crippen LogP contribution in [0.15, 0.2) is 30.5 Å². The minimum Gasteiger partial charge on any atom is -0.364 e. The molecule has 0 saturated heterocycles. The molecule has 0 aliphatic rings. The molecule has 2 rings (SSSR count). The molecule has 4 N–H and O–H groups in total. The molecule has 1 aromatic carbocycles. The Hall–Kier alpha value is -2.12. The fourth-order valence-electron chi connectivity index (χ4n) is 1.64. The summed E-state index contributed by atoms with van der Waals surface area (Å²) in [5.41, 5.74) is 6.77. The fourth-order valence-corrected chi connectivity index (χ4v) is 1.99. The molecule has 0 spiro atoms. The monoisotopic (exact) mass is 309 g/mol. The lowest BCUT2D eigenvalue weighted by Crippen LogP contribution is -2.23. The maximum absolute atomic E-state index is 11.3. The number of aromatic nitrogens is 2. The molecule has 0 radical (unpaired) electrons. The normalized spacial score (nSPS) is 10.1. The van der Waals surface area contributed by atoms with Crippen LogP contribution in [-0.2, 0) is 7.05 Å². The Balaban J connectivity index is 2.09. The first-order valence-corrected chi connectivity index (χ1v) is 6.41. The Kier molecular flexibility index (Phi) is 4.21. The average Bonchev–Trinajstić information content (AvgIpc) is 2.73. The first kappa shape index (κ1) is 14.3. The molecule has 1 aromatic heterocycles. The smallest absolute Gasteiger partial charge is 0.269 e. The van der Waals surface area contributed by atoms with Crippen molar-refractivity contribution < 1.29 is 4.79 Å². The van der Waals surface area contributed by atoms with Crippen LogP contribution in [0.4, 0.5) is 11.4 Å². The number of anilines is 2. The number of nitrogens with zero attached hydrogens (tertiary/aromatic N) is 2. The van der Waals surface area contributed by atoms with E-state index < -0.39 is 5.91 Å². The van der Waals surface area contributed by atoms with Gasteiger partial charge in [-0.05, 0) is 36.5 Å². The second kappa shape index (κ2) is 5.89. The Labute approximate surface area is 125 Å². The predicted octanol–water partition coefficient (Wildman–Crippen LogP) is 1.98. The van der Waals surface area contributed by atoms with Crippen LogP contribution in [0.5, 0.6) is 0 Å². The average molecular weight is 310 g/mol. The number of amides is 1. The first-order chi connectivity index (χ1) is 9.47. The van der Waals surface area contributed by atoms with Gasteiger partial charge < -0.3 is 16.4 Å². The van der Waals surface area contributed by atoms with Gasteiger partial charge in [0.1, 0.15) is 5.69 Å². The largest absolute Gasteiger partial charge is 0.364 e. The molecule has 6 nitrogen and oxygen atoms in total. The van der Waals surface area contributed by atoms with E-state index in [1.807, 2.05) is 0 Å². The van der Waals surface area contributed by atoms with E-state index in [1.165, 1.54) is 10.9 Å². The number of rotatable bonds is 3. The third kappa shape index (κ3) is 3.25. The third-order valence-corrected chi connectivity index (χ3v) is 2.98. The lowest BCUT2D eigenvalue weighted by atomic mass is 10.3. The molecule has 20 heavy (non-hydrogen) atoms. The van der Waals surface area contributed by atoms with Crippen molar-refractivity contribution in [2.24, 2.45) is 12.8 Å². The lowest BCUT2D eigenvalue weighted by Gasteiger charge is -2.10. The Morgan fingerprint density at radius 2 is 2.00 bits per heavy atom. The van der Waals surface area contributed by atoms with Gasteiger partial charge in [0.25, 0.3) is 5.91 Å². The number of nitrogens with two attached hydrogens (primary N) is 1. The van der Waals surface area contributed by atoms with Crippen LogP contribution >= 0.6 is 23.8 Å². The van der Waals surface area contributed by atoms with E-state index in [0.717, 1.165) is 5.69 Å². The summed E-state index contributed by atoms with van der Waals surface area (Å²) < 4.78 is 1.38. The molecule has 0 aliphatic carbocycles. The maximum Gasteiger partial charge on any atom is 0.269 e. The molecular weight excluding hydrogens is 298 g/mol. The van der Waals surface area contributed by atoms with E-state index >= 15 is 0 Å². The molecule has 2 aromatic rings. The number of primary amides is 1. The molecule has 0 fully saturated rings. The zero-order chi connectivity index (χ0) is 14.7. The van der Waals surface area contributed by atoms with Crippen LogP contribution in [0.3, 0.4) is 0 Å². The van der Waals surface area contributed by atoms with E-state index in [1.54, 1.807) is 31.3 Å². The van der Waals surface area contributed by atoms with Crippen LogP contribution in [0, 0.1) is 0 Å². The van der Waals surface area contributed by atoms with E-state index in [-0.39, 0.29) is 5.69 Å². The van der Waals surface area contributed by atoms with Gasteiger partial charge in [-0.3, -0.25) is 9.48 Å². The highest BCUT2D eigenvalue weighted by molar-refractivity contribution is 7.80.